The zero-order valence-corrected chi connectivity index (χ0v) is 17.8. The Morgan fingerprint density at radius 1 is 1.06 bits per heavy atom. The maximum atomic E-state index is 13.2. The smallest absolute Gasteiger partial charge is 0.273 e. The van der Waals surface area contributed by atoms with E-state index in [2.05, 4.69) is 15.6 Å². The fourth-order valence-electron chi connectivity index (χ4n) is 4.15. The van der Waals surface area contributed by atoms with E-state index in [-0.39, 0.29) is 24.4 Å². The molecule has 0 radical (unpaired) electrons. The first-order valence-corrected chi connectivity index (χ1v) is 11.2. The van der Waals surface area contributed by atoms with Gasteiger partial charge in [0.15, 0.2) is 0 Å². The van der Waals surface area contributed by atoms with E-state index in [1.165, 1.54) is 0 Å². The maximum Gasteiger partial charge on any atom is 0.273 e. The van der Waals surface area contributed by atoms with Gasteiger partial charge in [0.1, 0.15) is 17.3 Å². The molecule has 4 rings (SSSR count). The number of aromatic nitrogens is 1. The number of fused-ring (bicyclic) bond motifs is 3. The Labute approximate surface area is 183 Å². The number of para-hydroxylation sites is 2. The molecule has 0 unspecified atom stereocenters. The van der Waals surface area contributed by atoms with Gasteiger partial charge in [0, 0.05) is 12.6 Å². The lowest BCUT2D eigenvalue weighted by Crippen LogP contribution is -2.44. The van der Waals surface area contributed by atoms with Crippen LogP contribution in [0, 0.1) is 0 Å². The zero-order chi connectivity index (χ0) is 21.5. The summed E-state index contributed by atoms with van der Waals surface area (Å²) in [6.07, 6.45) is 6.97. The lowest BCUT2D eigenvalue weighted by atomic mass is 10.2. The van der Waals surface area contributed by atoms with Crippen molar-refractivity contribution in [2.24, 2.45) is 0 Å². The summed E-state index contributed by atoms with van der Waals surface area (Å²) in [6, 6.07) is 13.3. The second-order valence-corrected chi connectivity index (χ2v) is 8.21. The van der Waals surface area contributed by atoms with E-state index in [9.17, 15) is 9.59 Å². The number of rotatable bonds is 3. The van der Waals surface area contributed by atoms with Crippen LogP contribution < -0.4 is 15.4 Å². The van der Waals surface area contributed by atoms with Crippen LogP contribution in [-0.2, 0) is 4.79 Å². The molecule has 2 N–H and O–H groups in total. The van der Waals surface area contributed by atoms with Crippen molar-refractivity contribution >= 4 is 23.3 Å². The topological polar surface area (TPSA) is 83.6 Å². The predicted molar refractivity (Wildman–Crippen MR) is 120 cm³/mol. The summed E-state index contributed by atoms with van der Waals surface area (Å²) in [5.41, 5.74) is 1.14. The van der Waals surface area contributed by atoms with Crippen LogP contribution in [0.5, 0.6) is 5.75 Å². The number of hydrogen-bond donors (Lipinski definition) is 2. The molecule has 2 bridgehead atoms. The van der Waals surface area contributed by atoms with Crippen molar-refractivity contribution in [2.45, 2.75) is 51.0 Å². The van der Waals surface area contributed by atoms with E-state index < -0.39 is 0 Å². The van der Waals surface area contributed by atoms with Gasteiger partial charge >= 0.3 is 0 Å². The highest BCUT2D eigenvalue weighted by Gasteiger charge is 2.23. The summed E-state index contributed by atoms with van der Waals surface area (Å²) in [6.45, 7) is 1.18. The molecule has 31 heavy (non-hydrogen) atoms. The second kappa shape index (κ2) is 10.3. The normalized spacial score (nSPS) is 17.8. The van der Waals surface area contributed by atoms with E-state index in [1.807, 2.05) is 30.3 Å². The van der Waals surface area contributed by atoms with Gasteiger partial charge in [0.2, 0.25) is 5.91 Å². The molecule has 7 heteroatoms. The number of benzene rings is 1. The summed E-state index contributed by atoms with van der Waals surface area (Å²) in [5, 5.41) is 6.34. The first kappa shape index (κ1) is 21.2. The highest BCUT2D eigenvalue weighted by Crippen LogP contribution is 2.27. The summed E-state index contributed by atoms with van der Waals surface area (Å²) in [5.74, 6) is 1.03. The fourth-order valence-corrected chi connectivity index (χ4v) is 4.15. The van der Waals surface area contributed by atoms with E-state index in [0.717, 1.165) is 56.4 Å². The summed E-state index contributed by atoms with van der Waals surface area (Å²) in [4.78, 5) is 32.0. The zero-order valence-electron chi connectivity index (χ0n) is 17.8. The predicted octanol–water partition coefficient (Wildman–Crippen LogP) is 3.89. The van der Waals surface area contributed by atoms with Crippen LogP contribution >= 0.6 is 0 Å². The minimum Gasteiger partial charge on any atom is -0.491 e. The average molecular weight is 423 g/mol. The van der Waals surface area contributed by atoms with Gasteiger partial charge in [-0.1, -0.05) is 31.0 Å². The second-order valence-electron chi connectivity index (χ2n) is 8.21. The lowest BCUT2D eigenvalue weighted by molar-refractivity contribution is -0.122. The third-order valence-electron chi connectivity index (χ3n) is 5.79. The Morgan fingerprint density at radius 2 is 1.90 bits per heavy atom. The number of nitrogens with one attached hydrogen (secondary N) is 2. The van der Waals surface area contributed by atoms with Crippen molar-refractivity contribution in [2.75, 3.05) is 25.0 Å². The molecule has 0 spiro atoms. The number of carbonyl (C=O) groups excluding carboxylic acids is 2. The average Bonchev–Trinajstić information content (AvgIpc) is 3.28. The monoisotopic (exact) mass is 422 g/mol. The van der Waals surface area contributed by atoms with Crippen LogP contribution in [0.25, 0.3) is 0 Å². The van der Waals surface area contributed by atoms with Gasteiger partial charge in [-0.2, -0.15) is 0 Å². The fraction of sp³-hybridized carbons (Fsp3) is 0.458. The molecule has 164 valence electrons. The van der Waals surface area contributed by atoms with Crippen LogP contribution in [0.2, 0.25) is 0 Å². The highest BCUT2D eigenvalue weighted by atomic mass is 16.5. The summed E-state index contributed by atoms with van der Waals surface area (Å²) >= 11 is 0. The molecule has 0 saturated heterocycles. The van der Waals surface area contributed by atoms with Crippen LogP contribution in [0.15, 0.2) is 42.5 Å². The van der Waals surface area contributed by atoms with E-state index >= 15 is 0 Å². The Morgan fingerprint density at radius 3 is 2.77 bits per heavy atom. The summed E-state index contributed by atoms with van der Waals surface area (Å²) < 4.78 is 5.96. The van der Waals surface area contributed by atoms with Gasteiger partial charge in [-0.15, -0.1) is 0 Å². The van der Waals surface area contributed by atoms with Gasteiger partial charge < -0.3 is 20.3 Å². The summed E-state index contributed by atoms with van der Waals surface area (Å²) in [7, 11) is 0. The van der Waals surface area contributed by atoms with Crippen molar-refractivity contribution < 1.29 is 14.3 Å². The van der Waals surface area contributed by atoms with E-state index in [0.29, 0.717) is 24.7 Å². The molecule has 1 fully saturated rings. The van der Waals surface area contributed by atoms with Crippen LogP contribution in [-0.4, -0.2) is 47.4 Å². The minimum atomic E-state index is -0.216. The molecular weight excluding hydrogens is 392 g/mol. The molecule has 1 aliphatic heterocycles. The number of anilines is 2. The SMILES string of the molecule is O=C(CN1CCCCCOc2ccccc2Nc2cccc(n2)C1=O)NC1CCCC1. The molecule has 1 saturated carbocycles. The Hall–Kier alpha value is -3.09. The third kappa shape index (κ3) is 5.75. The number of nitrogens with zero attached hydrogens (tertiary/aromatic N) is 2. The Balaban J connectivity index is 1.53. The number of pyridine rings is 1. The van der Waals surface area contributed by atoms with Crippen molar-refractivity contribution in [1.82, 2.24) is 15.2 Å². The molecule has 0 atom stereocenters. The van der Waals surface area contributed by atoms with Crippen LogP contribution in [0.1, 0.15) is 55.4 Å². The molecule has 2 amide bonds. The van der Waals surface area contributed by atoms with Gasteiger partial charge in [-0.05, 0) is 56.4 Å². The number of hydrogen-bond acceptors (Lipinski definition) is 5. The van der Waals surface area contributed by atoms with Crippen LogP contribution in [0.4, 0.5) is 11.5 Å². The molecule has 2 heterocycles. The van der Waals surface area contributed by atoms with Crippen molar-refractivity contribution in [3.05, 3.63) is 48.2 Å². The van der Waals surface area contributed by atoms with Gasteiger partial charge in [-0.3, -0.25) is 9.59 Å². The Bertz CT molecular complexity index is 911. The number of ether oxygens (including phenoxy) is 1. The Kier molecular flexibility index (Phi) is 7.02. The number of amides is 2. The van der Waals surface area contributed by atoms with E-state index in [1.54, 1.807) is 17.0 Å². The highest BCUT2D eigenvalue weighted by molar-refractivity contribution is 5.95. The van der Waals surface area contributed by atoms with Crippen molar-refractivity contribution in [3.8, 4) is 5.75 Å². The number of carbonyl (C=O) groups is 2. The van der Waals surface area contributed by atoms with Gasteiger partial charge in [-0.25, -0.2) is 4.98 Å². The molecule has 1 aliphatic carbocycles. The maximum absolute atomic E-state index is 13.2. The van der Waals surface area contributed by atoms with Crippen molar-refractivity contribution in [3.63, 3.8) is 0 Å². The molecule has 7 nitrogen and oxygen atoms in total. The molecule has 2 aromatic rings. The standard InChI is InChI=1S/C24H30N4O3/c29-23(25-18-9-2-3-10-18)17-28-15-6-1-7-16-31-21-13-5-4-11-19(21)26-22-14-8-12-20(27-22)24(28)30/h4-5,8,11-14,18H,1-3,6-7,9-10,15-17H2,(H,25,29)(H,26,27). The first-order valence-electron chi connectivity index (χ1n) is 11.2. The first-order chi connectivity index (χ1) is 15.2. The molecule has 1 aromatic heterocycles. The molecule has 2 aliphatic rings. The van der Waals surface area contributed by atoms with Gasteiger partial charge in [0.25, 0.3) is 5.91 Å². The van der Waals surface area contributed by atoms with Gasteiger partial charge in [0.05, 0.1) is 18.8 Å². The molecule has 1 aromatic carbocycles. The largest absolute Gasteiger partial charge is 0.491 e. The van der Waals surface area contributed by atoms with Crippen molar-refractivity contribution in [1.29, 1.82) is 0 Å². The van der Waals surface area contributed by atoms with E-state index in [4.69, 9.17) is 4.74 Å². The van der Waals surface area contributed by atoms with Crippen LogP contribution in [0.3, 0.4) is 0 Å². The molecular formula is C24H30N4O3. The minimum absolute atomic E-state index is 0.0635. The quantitative estimate of drug-likeness (QED) is 0.784. The lowest BCUT2D eigenvalue weighted by Gasteiger charge is -2.23. The third-order valence-corrected chi connectivity index (χ3v) is 5.79.